The van der Waals surface area contributed by atoms with Gasteiger partial charge < -0.3 is 20.1 Å². The van der Waals surface area contributed by atoms with Crippen molar-refractivity contribution in [1.82, 2.24) is 5.32 Å². The number of hydrogen-bond acceptors (Lipinski definition) is 4. The van der Waals surface area contributed by atoms with Crippen molar-refractivity contribution >= 4 is 5.69 Å². The quantitative estimate of drug-likeness (QED) is 0.862. The average Bonchev–Trinajstić information content (AvgIpc) is 2.97. The molecule has 0 amide bonds. The monoisotopic (exact) mass is 276 g/mol. The molecule has 2 aliphatic rings. The molecular weight excluding hydrogens is 252 g/mol. The van der Waals surface area contributed by atoms with Crippen LogP contribution in [0.15, 0.2) is 18.2 Å². The van der Waals surface area contributed by atoms with Crippen LogP contribution in [-0.2, 0) is 22.4 Å². The highest BCUT2D eigenvalue weighted by atomic mass is 16.5. The number of aryl methyl sites for hydroxylation is 1. The van der Waals surface area contributed by atoms with E-state index in [1.165, 1.54) is 29.7 Å². The Morgan fingerprint density at radius 3 is 3.20 bits per heavy atom. The Balaban J connectivity index is 1.61. The van der Waals surface area contributed by atoms with Gasteiger partial charge in [0.05, 0.1) is 6.61 Å². The first-order valence-corrected chi connectivity index (χ1v) is 7.51. The lowest BCUT2D eigenvalue weighted by Gasteiger charge is -2.27. The van der Waals surface area contributed by atoms with Crippen molar-refractivity contribution < 1.29 is 9.47 Å². The van der Waals surface area contributed by atoms with Crippen molar-refractivity contribution in [2.24, 2.45) is 0 Å². The van der Waals surface area contributed by atoms with Crippen molar-refractivity contribution in [2.45, 2.75) is 31.4 Å². The predicted molar refractivity (Wildman–Crippen MR) is 80.1 cm³/mol. The minimum Gasteiger partial charge on any atom is -0.385 e. The third kappa shape index (κ3) is 2.82. The van der Waals surface area contributed by atoms with E-state index in [2.05, 4.69) is 28.8 Å². The van der Waals surface area contributed by atoms with E-state index in [9.17, 15) is 0 Å². The summed E-state index contributed by atoms with van der Waals surface area (Å²) in [6.45, 7) is 4.30. The fraction of sp³-hybridized carbons (Fsp3) is 0.625. The number of benzene rings is 1. The Labute approximate surface area is 120 Å². The summed E-state index contributed by atoms with van der Waals surface area (Å²) in [5.41, 5.74) is 4.00. The van der Waals surface area contributed by atoms with E-state index in [1.54, 1.807) is 7.11 Å². The van der Waals surface area contributed by atoms with Crippen LogP contribution in [0.5, 0.6) is 0 Å². The van der Waals surface area contributed by atoms with Gasteiger partial charge >= 0.3 is 0 Å². The summed E-state index contributed by atoms with van der Waals surface area (Å²) < 4.78 is 11.1. The molecule has 1 aromatic rings. The van der Waals surface area contributed by atoms with Crippen LogP contribution in [0.25, 0.3) is 0 Å². The first kappa shape index (κ1) is 13.9. The van der Waals surface area contributed by atoms with E-state index in [0.717, 1.165) is 32.7 Å². The largest absolute Gasteiger partial charge is 0.385 e. The van der Waals surface area contributed by atoms with Gasteiger partial charge in [0.15, 0.2) is 0 Å². The third-order valence-electron chi connectivity index (χ3n) is 4.42. The summed E-state index contributed by atoms with van der Waals surface area (Å²) in [7, 11) is 1.78. The first-order valence-electron chi connectivity index (χ1n) is 7.51. The smallest absolute Gasteiger partial charge is 0.106 e. The van der Waals surface area contributed by atoms with Gasteiger partial charge in [-0.15, -0.1) is 0 Å². The fourth-order valence-corrected chi connectivity index (χ4v) is 3.11. The molecule has 110 valence electrons. The number of anilines is 1. The molecule has 1 atom stereocenters. The van der Waals surface area contributed by atoms with Gasteiger partial charge in [0.2, 0.25) is 0 Å². The van der Waals surface area contributed by atoms with Gasteiger partial charge in [-0.05, 0) is 24.0 Å². The Hall–Kier alpha value is -1.10. The topological polar surface area (TPSA) is 42.5 Å². The Morgan fingerprint density at radius 1 is 1.45 bits per heavy atom. The van der Waals surface area contributed by atoms with Gasteiger partial charge in [-0.3, -0.25) is 0 Å². The zero-order valence-electron chi connectivity index (χ0n) is 12.2. The number of hydrogen-bond donors (Lipinski definition) is 2. The number of methoxy groups -OCH3 is 1. The van der Waals surface area contributed by atoms with Gasteiger partial charge in [0.1, 0.15) is 5.60 Å². The lowest BCUT2D eigenvalue weighted by molar-refractivity contribution is -0.0159. The van der Waals surface area contributed by atoms with Gasteiger partial charge in [-0.2, -0.15) is 0 Å². The van der Waals surface area contributed by atoms with Crippen LogP contribution in [0, 0.1) is 0 Å². The molecule has 1 fully saturated rings. The molecule has 2 heterocycles. The van der Waals surface area contributed by atoms with Crippen molar-refractivity contribution in [3.8, 4) is 0 Å². The molecule has 0 aliphatic carbocycles. The van der Waals surface area contributed by atoms with E-state index >= 15 is 0 Å². The second-order valence-corrected chi connectivity index (χ2v) is 5.77. The number of fused-ring (bicyclic) bond motifs is 1. The average molecular weight is 276 g/mol. The zero-order chi connectivity index (χ0) is 13.8. The summed E-state index contributed by atoms with van der Waals surface area (Å²) >= 11 is 0. The van der Waals surface area contributed by atoms with Gasteiger partial charge in [-0.25, -0.2) is 0 Å². The Bertz CT molecular complexity index is 456. The highest BCUT2D eigenvalue weighted by molar-refractivity contribution is 5.59. The number of ether oxygens (including phenoxy) is 2. The SMILES string of the molecule is COC1(CNCc2cccc3c2NCCC3)CCOC1. The summed E-state index contributed by atoms with van der Waals surface area (Å²) in [6.07, 6.45) is 3.39. The maximum Gasteiger partial charge on any atom is 0.106 e. The molecule has 3 rings (SSSR count). The van der Waals surface area contributed by atoms with Crippen LogP contribution in [0.2, 0.25) is 0 Å². The van der Waals surface area contributed by atoms with Gasteiger partial charge in [0.25, 0.3) is 0 Å². The molecule has 0 bridgehead atoms. The maximum atomic E-state index is 5.65. The number of rotatable bonds is 5. The van der Waals surface area contributed by atoms with Crippen LogP contribution >= 0.6 is 0 Å². The van der Waals surface area contributed by atoms with Crippen molar-refractivity contribution in [3.05, 3.63) is 29.3 Å². The predicted octanol–water partition coefficient (Wildman–Crippen LogP) is 1.94. The molecule has 0 radical (unpaired) electrons. The third-order valence-corrected chi connectivity index (χ3v) is 4.42. The summed E-state index contributed by atoms with van der Waals surface area (Å²) in [6, 6.07) is 6.59. The summed E-state index contributed by atoms with van der Waals surface area (Å²) in [5, 5.41) is 7.08. The van der Waals surface area contributed by atoms with Crippen molar-refractivity contribution in [1.29, 1.82) is 0 Å². The van der Waals surface area contributed by atoms with Gasteiger partial charge in [0, 0.05) is 45.5 Å². The standard InChI is InChI=1S/C16H24N2O2/c1-19-16(7-9-20-12-16)11-17-10-14-5-2-4-13-6-3-8-18-15(13)14/h2,4-5,17-18H,3,6-12H2,1H3. The second-order valence-electron chi connectivity index (χ2n) is 5.77. The van der Waals surface area contributed by atoms with Crippen LogP contribution < -0.4 is 10.6 Å². The molecule has 2 N–H and O–H groups in total. The van der Waals surface area contributed by atoms with Crippen LogP contribution in [0.3, 0.4) is 0 Å². The van der Waals surface area contributed by atoms with Crippen molar-refractivity contribution in [3.63, 3.8) is 0 Å². The molecule has 1 unspecified atom stereocenters. The lowest BCUT2D eigenvalue weighted by atomic mass is 9.99. The van der Waals surface area contributed by atoms with E-state index in [1.807, 2.05) is 0 Å². The highest BCUT2D eigenvalue weighted by Crippen LogP contribution is 2.26. The van der Waals surface area contributed by atoms with Crippen LogP contribution in [-0.4, -0.2) is 39.0 Å². The normalized spacial score (nSPS) is 25.2. The number of para-hydroxylation sites is 1. The lowest BCUT2D eigenvalue weighted by Crippen LogP contribution is -2.42. The minimum atomic E-state index is -0.137. The number of nitrogens with one attached hydrogen (secondary N) is 2. The van der Waals surface area contributed by atoms with E-state index < -0.39 is 0 Å². The van der Waals surface area contributed by atoms with Gasteiger partial charge in [-0.1, -0.05) is 18.2 Å². The maximum absolute atomic E-state index is 5.65. The first-order chi connectivity index (χ1) is 9.83. The van der Waals surface area contributed by atoms with Crippen molar-refractivity contribution in [2.75, 3.05) is 38.7 Å². The molecule has 4 heteroatoms. The van der Waals surface area contributed by atoms with Crippen LogP contribution in [0.4, 0.5) is 5.69 Å². The Morgan fingerprint density at radius 2 is 2.40 bits per heavy atom. The summed E-state index contributed by atoms with van der Waals surface area (Å²) in [4.78, 5) is 0. The molecule has 2 aliphatic heterocycles. The minimum absolute atomic E-state index is 0.137. The molecular formula is C16H24N2O2. The molecule has 4 nitrogen and oxygen atoms in total. The molecule has 0 spiro atoms. The summed E-state index contributed by atoms with van der Waals surface area (Å²) in [5.74, 6) is 0. The van der Waals surface area contributed by atoms with Crippen LogP contribution in [0.1, 0.15) is 24.0 Å². The van der Waals surface area contributed by atoms with E-state index in [4.69, 9.17) is 9.47 Å². The molecule has 0 aromatic heterocycles. The highest BCUT2D eigenvalue weighted by Gasteiger charge is 2.34. The molecule has 1 saturated heterocycles. The van der Waals surface area contributed by atoms with E-state index in [-0.39, 0.29) is 5.60 Å². The fourth-order valence-electron chi connectivity index (χ4n) is 3.11. The molecule has 0 saturated carbocycles. The molecule has 20 heavy (non-hydrogen) atoms. The Kier molecular flexibility index (Phi) is 4.24. The second kappa shape index (κ2) is 6.12. The van der Waals surface area contributed by atoms with E-state index in [0.29, 0.717) is 6.61 Å². The molecule has 1 aromatic carbocycles. The zero-order valence-corrected chi connectivity index (χ0v) is 12.2.